The summed E-state index contributed by atoms with van der Waals surface area (Å²) < 4.78 is 16.5. The maximum Gasteiger partial charge on any atom is 0.415 e. The number of ether oxygens (including phenoxy) is 3. The van der Waals surface area contributed by atoms with Gasteiger partial charge in [0.25, 0.3) is 0 Å². The highest BCUT2D eigenvalue weighted by Gasteiger charge is 2.48. The molecule has 54 heavy (non-hydrogen) atoms. The number of hydrogen-bond donors (Lipinski definition) is 4. The van der Waals surface area contributed by atoms with E-state index in [0.29, 0.717) is 45.8 Å². The standard InChI is InChI=1S/C19H25N5O4.C18H24N4O4/c1-12(25)21-11-17-16-9-13-8-14(2-3-15(13)24(16)19(27)28-17)22-4-6-23(7-5-22)18(26)10-20;1-11(23)20-9-17-16-7-12-6-13(21-4-5-25-14(8-19)10-21)2-3-15(12)22(16)18(24)26-17/h2-3,8,16-17H,4-7,9-11,20H2,1H3,(H,21,25);2-3,6,14,16-17H,4-5,7-10,19H2,1H3,(H,20,23)/t16-,17-;14-,16+,17+/m01/s1. The van der Waals surface area contributed by atoms with Gasteiger partial charge in [0, 0.05) is 71.0 Å². The lowest BCUT2D eigenvalue weighted by molar-refractivity contribution is -0.130. The summed E-state index contributed by atoms with van der Waals surface area (Å²) in [5.74, 6) is -0.281. The zero-order valence-electron chi connectivity index (χ0n) is 30.7. The second kappa shape index (κ2) is 15.7. The van der Waals surface area contributed by atoms with Crippen molar-refractivity contribution >= 4 is 52.7 Å². The number of rotatable bonds is 8. The van der Waals surface area contributed by atoms with E-state index in [1.165, 1.54) is 13.8 Å². The van der Waals surface area contributed by atoms with Crippen LogP contribution in [0.1, 0.15) is 25.0 Å². The molecule has 17 nitrogen and oxygen atoms in total. The van der Waals surface area contributed by atoms with Crippen LogP contribution in [0.15, 0.2) is 36.4 Å². The third kappa shape index (κ3) is 7.47. The number of anilines is 4. The maximum atomic E-state index is 12.3. The molecular weight excluding hydrogens is 698 g/mol. The summed E-state index contributed by atoms with van der Waals surface area (Å²) in [6.45, 7) is 9.22. The van der Waals surface area contributed by atoms with E-state index in [1.54, 1.807) is 14.7 Å². The number of benzene rings is 2. The first-order valence-electron chi connectivity index (χ1n) is 18.6. The summed E-state index contributed by atoms with van der Waals surface area (Å²) >= 11 is 0. The van der Waals surface area contributed by atoms with Crippen LogP contribution in [0, 0.1) is 0 Å². The SMILES string of the molecule is CC(=O)NC[C@@H]1OC(=O)N2c3ccc(N4CCN(C(=O)CN)CC4)cc3C[C@@H]12.CC(=O)NC[C@@H]1OC(=O)N2c3ccc(N4CCO[C@H](CN)C4)cc3C[C@@H]12. The Morgan fingerprint density at radius 3 is 1.74 bits per heavy atom. The number of amides is 5. The van der Waals surface area contributed by atoms with Gasteiger partial charge in [0.2, 0.25) is 17.7 Å². The van der Waals surface area contributed by atoms with E-state index in [1.807, 2.05) is 24.3 Å². The molecule has 0 aliphatic carbocycles. The van der Waals surface area contributed by atoms with Gasteiger partial charge in [0.05, 0.1) is 55.8 Å². The van der Waals surface area contributed by atoms with Crippen LogP contribution in [0.3, 0.4) is 0 Å². The molecular formula is C37H49N9O8. The Bertz CT molecular complexity index is 1790. The summed E-state index contributed by atoms with van der Waals surface area (Å²) in [6.07, 6.45) is 0.101. The van der Waals surface area contributed by atoms with Gasteiger partial charge in [0.15, 0.2) is 0 Å². The largest absolute Gasteiger partial charge is 0.442 e. The Balaban J connectivity index is 0.000000167. The van der Waals surface area contributed by atoms with Gasteiger partial charge in [-0.05, 0) is 60.4 Å². The Morgan fingerprint density at radius 2 is 1.26 bits per heavy atom. The second-order valence-electron chi connectivity index (χ2n) is 14.4. The number of nitrogens with zero attached hydrogens (tertiary/aromatic N) is 5. The lowest BCUT2D eigenvalue weighted by Crippen LogP contribution is -2.50. The van der Waals surface area contributed by atoms with Gasteiger partial charge >= 0.3 is 12.2 Å². The zero-order chi connectivity index (χ0) is 38.1. The smallest absolute Gasteiger partial charge is 0.415 e. The first-order valence-corrected chi connectivity index (χ1v) is 18.6. The lowest BCUT2D eigenvalue weighted by Gasteiger charge is -2.36. The first kappa shape index (κ1) is 37.2. The molecule has 0 bridgehead atoms. The van der Waals surface area contributed by atoms with E-state index in [4.69, 9.17) is 25.7 Å². The van der Waals surface area contributed by atoms with E-state index in [0.717, 1.165) is 66.5 Å². The number of cyclic esters (lactones) is 2. The van der Waals surface area contributed by atoms with E-state index >= 15 is 0 Å². The summed E-state index contributed by atoms with van der Waals surface area (Å²) in [6, 6.07) is 12.1. The van der Waals surface area contributed by atoms with Crippen molar-refractivity contribution in [3.8, 4) is 0 Å². The van der Waals surface area contributed by atoms with Crippen molar-refractivity contribution in [1.29, 1.82) is 0 Å². The van der Waals surface area contributed by atoms with Crippen LogP contribution in [-0.4, -0.2) is 137 Å². The van der Waals surface area contributed by atoms with Crippen LogP contribution in [0.2, 0.25) is 0 Å². The highest BCUT2D eigenvalue weighted by Crippen LogP contribution is 2.42. The Labute approximate surface area is 313 Å². The highest BCUT2D eigenvalue weighted by molar-refractivity contribution is 5.95. The number of carbonyl (C=O) groups is 5. The van der Waals surface area contributed by atoms with Gasteiger partial charge in [-0.15, -0.1) is 0 Å². The normalized spacial score (nSPS) is 25.2. The van der Waals surface area contributed by atoms with Crippen molar-refractivity contribution in [2.24, 2.45) is 11.5 Å². The minimum atomic E-state index is -0.360. The number of nitrogens with two attached hydrogens (primary N) is 2. The molecule has 6 heterocycles. The molecule has 2 aromatic rings. The molecule has 4 saturated heterocycles. The van der Waals surface area contributed by atoms with Gasteiger partial charge in [-0.1, -0.05) is 0 Å². The van der Waals surface area contributed by atoms with Gasteiger partial charge < -0.3 is 51.0 Å². The number of morpholine rings is 1. The number of carbonyl (C=O) groups excluding carboxylic acids is 5. The Morgan fingerprint density at radius 1 is 0.741 bits per heavy atom. The quantitative estimate of drug-likeness (QED) is 0.280. The summed E-state index contributed by atoms with van der Waals surface area (Å²) in [5.41, 5.74) is 17.4. The fraction of sp³-hybridized carbons (Fsp3) is 0.541. The lowest BCUT2D eigenvalue weighted by atomic mass is 10.0. The molecule has 6 N–H and O–H groups in total. The predicted octanol–water partition coefficient (Wildman–Crippen LogP) is -0.0836. The molecule has 0 saturated carbocycles. The number of piperazine rings is 1. The van der Waals surface area contributed by atoms with E-state index < -0.39 is 0 Å². The van der Waals surface area contributed by atoms with Crippen molar-refractivity contribution in [2.75, 3.05) is 91.7 Å². The number of fused-ring (bicyclic) bond motifs is 6. The molecule has 5 atom stereocenters. The van der Waals surface area contributed by atoms with Crippen molar-refractivity contribution < 1.29 is 38.2 Å². The summed E-state index contributed by atoms with van der Waals surface area (Å²) in [4.78, 5) is 68.5. The minimum Gasteiger partial charge on any atom is -0.442 e. The predicted molar refractivity (Wildman–Crippen MR) is 200 cm³/mol. The third-order valence-electron chi connectivity index (χ3n) is 11.0. The monoisotopic (exact) mass is 747 g/mol. The van der Waals surface area contributed by atoms with Crippen molar-refractivity contribution in [2.45, 2.75) is 57.1 Å². The molecule has 8 rings (SSSR count). The molecule has 6 aliphatic rings. The second-order valence-corrected chi connectivity index (χ2v) is 14.4. The average Bonchev–Trinajstić information content (AvgIpc) is 3.92. The highest BCUT2D eigenvalue weighted by atomic mass is 16.6. The van der Waals surface area contributed by atoms with Crippen molar-refractivity contribution in [3.63, 3.8) is 0 Å². The van der Waals surface area contributed by atoms with Crippen LogP contribution in [0.5, 0.6) is 0 Å². The van der Waals surface area contributed by atoms with Gasteiger partial charge in [-0.25, -0.2) is 9.59 Å². The van der Waals surface area contributed by atoms with E-state index in [-0.39, 0.29) is 66.8 Å². The van der Waals surface area contributed by atoms with Crippen LogP contribution in [0.25, 0.3) is 0 Å². The molecule has 0 unspecified atom stereocenters. The molecule has 0 spiro atoms. The Kier molecular flexibility index (Phi) is 10.8. The van der Waals surface area contributed by atoms with Gasteiger partial charge in [-0.2, -0.15) is 0 Å². The summed E-state index contributed by atoms with van der Waals surface area (Å²) in [5, 5.41) is 5.48. The van der Waals surface area contributed by atoms with E-state index in [2.05, 4.69) is 32.6 Å². The van der Waals surface area contributed by atoms with Crippen molar-refractivity contribution in [1.82, 2.24) is 15.5 Å². The fourth-order valence-corrected chi connectivity index (χ4v) is 8.20. The van der Waals surface area contributed by atoms with Gasteiger partial charge in [-0.3, -0.25) is 24.2 Å². The number of hydrogen-bond acceptors (Lipinski definition) is 12. The molecule has 0 radical (unpaired) electrons. The average molecular weight is 748 g/mol. The number of nitrogens with one attached hydrogen (secondary N) is 2. The van der Waals surface area contributed by atoms with E-state index in [9.17, 15) is 24.0 Å². The summed E-state index contributed by atoms with van der Waals surface area (Å²) in [7, 11) is 0. The van der Waals surface area contributed by atoms with Gasteiger partial charge in [0.1, 0.15) is 12.2 Å². The van der Waals surface area contributed by atoms with Crippen molar-refractivity contribution in [3.05, 3.63) is 47.5 Å². The third-order valence-corrected chi connectivity index (χ3v) is 11.0. The fourth-order valence-electron chi connectivity index (χ4n) is 8.20. The van der Waals surface area contributed by atoms with Crippen LogP contribution in [-0.2, 0) is 41.4 Å². The molecule has 4 fully saturated rings. The molecule has 5 amide bonds. The molecule has 290 valence electrons. The minimum absolute atomic E-state index is 0.0158. The molecule has 6 aliphatic heterocycles. The topological polar surface area (TPSA) is 205 Å². The van der Waals surface area contributed by atoms with Crippen LogP contribution in [0.4, 0.5) is 32.3 Å². The zero-order valence-corrected chi connectivity index (χ0v) is 30.7. The first-order chi connectivity index (χ1) is 26.0. The molecule has 0 aromatic heterocycles. The van der Waals surface area contributed by atoms with Crippen LogP contribution >= 0.6 is 0 Å². The Hall–Kier alpha value is -5.13. The maximum absolute atomic E-state index is 12.3. The van der Waals surface area contributed by atoms with Crippen LogP contribution < -0.4 is 41.7 Å². The molecule has 2 aromatic carbocycles. The molecule has 17 heteroatoms.